The molecule has 0 spiro atoms. The van der Waals surface area contributed by atoms with Crippen LogP contribution in [0.5, 0.6) is 0 Å². The molecule has 1 fully saturated rings. The summed E-state index contributed by atoms with van der Waals surface area (Å²) in [5.74, 6) is 1.60. The van der Waals surface area contributed by atoms with Gasteiger partial charge in [-0.1, -0.05) is 25.9 Å². The van der Waals surface area contributed by atoms with Crippen molar-refractivity contribution in [2.75, 3.05) is 13.2 Å². The SMILES string of the molecule is CC1CC[C@@H](CCOC/C=N/O)C1(C)C. The molecule has 0 saturated heterocycles. The summed E-state index contributed by atoms with van der Waals surface area (Å²) in [5.41, 5.74) is 0.453. The maximum atomic E-state index is 8.18. The van der Waals surface area contributed by atoms with E-state index in [9.17, 15) is 0 Å². The van der Waals surface area contributed by atoms with Crippen LogP contribution in [0.4, 0.5) is 0 Å². The molecule has 1 N–H and O–H groups in total. The van der Waals surface area contributed by atoms with E-state index >= 15 is 0 Å². The zero-order valence-corrected chi connectivity index (χ0v) is 10.1. The minimum Gasteiger partial charge on any atom is -0.411 e. The summed E-state index contributed by atoms with van der Waals surface area (Å²) in [6.45, 7) is 8.26. The molecule has 1 saturated carbocycles. The third kappa shape index (κ3) is 3.20. The highest BCUT2D eigenvalue weighted by atomic mass is 16.5. The normalized spacial score (nSPS) is 30.1. The molecule has 1 unspecified atom stereocenters. The van der Waals surface area contributed by atoms with E-state index in [1.165, 1.54) is 19.1 Å². The molecule has 0 bridgehead atoms. The van der Waals surface area contributed by atoms with Crippen molar-refractivity contribution in [3.05, 3.63) is 0 Å². The molecule has 0 radical (unpaired) electrons. The summed E-state index contributed by atoms with van der Waals surface area (Å²) in [6.07, 6.45) is 5.17. The third-order valence-corrected chi connectivity index (χ3v) is 4.16. The standard InChI is InChI=1S/C12H23NO2/c1-10-4-5-11(12(10,2)3)6-8-15-9-7-13-14/h7,10-11,14H,4-6,8-9H2,1-3H3/b13-7+/t10?,11-/m0/s1. The zero-order valence-electron chi connectivity index (χ0n) is 10.1. The predicted octanol–water partition coefficient (Wildman–Crippen LogP) is 2.93. The summed E-state index contributed by atoms with van der Waals surface area (Å²) in [6, 6.07) is 0. The van der Waals surface area contributed by atoms with Gasteiger partial charge in [-0.25, -0.2) is 0 Å². The van der Waals surface area contributed by atoms with Gasteiger partial charge in [0, 0.05) is 6.61 Å². The Labute approximate surface area is 92.5 Å². The largest absolute Gasteiger partial charge is 0.411 e. The van der Waals surface area contributed by atoms with Crippen LogP contribution in [0.15, 0.2) is 5.16 Å². The first-order valence-corrected chi connectivity index (χ1v) is 5.82. The highest BCUT2D eigenvalue weighted by molar-refractivity contribution is 5.57. The van der Waals surface area contributed by atoms with Crippen LogP contribution in [0, 0.1) is 17.3 Å². The fraction of sp³-hybridized carbons (Fsp3) is 0.917. The molecule has 15 heavy (non-hydrogen) atoms. The molecule has 1 aliphatic rings. The van der Waals surface area contributed by atoms with Crippen molar-refractivity contribution in [1.82, 2.24) is 0 Å². The second kappa shape index (κ2) is 5.50. The number of nitrogens with zero attached hydrogens (tertiary/aromatic N) is 1. The topological polar surface area (TPSA) is 41.8 Å². The van der Waals surface area contributed by atoms with Gasteiger partial charge in [0.15, 0.2) is 0 Å². The van der Waals surface area contributed by atoms with Crippen molar-refractivity contribution in [3.63, 3.8) is 0 Å². The Kier molecular flexibility index (Phi) is 4.58. The lowest BCUT2D eigenvalue weighted by atomic mass is 9.75. The van der Waals surface area contributed by atoms with E-state index in [1.807, 2.05) is 0 Å². The van der Waals surface area contributed by atoms with E-state index in [2.05, 4.69) is 25.9 Å². The van der Waals surface area contributed by atoms with Crippen molar-refractivity contribution in [2.24, 2.45) is 22.4 Å². The molecule has 1 aliphatic carbocycles. The summed E-state index contributed by atoms with van der Waals surface area (Å²) >= 11 is 0. The van der Waals surface area contributed by atoms with E-state index in [4.69, 9.17) is 9.94 Å². The van der Waals surface area contributed by atoms with Gasteiger partial charge in [-0.2, -0.15) is 0 Å². The van der Waals surface area contributed by atoms with Gasteiger partial charge in [0.05, 0.1) is 12.8 Å². The number of hydrogen-bond acceptors (Lipinski definition) is 3. The average Bonchev–Trinajstić information content (AvgIpc) is 2.44. The lowest BCUT2D eigenvalue weighted by Crippen LogP contribution is -2.24. The van der Waals surface area contributed by atoms with Crippen LogP contribution in [0.2, 0.25) is 0 Å². The Morgan fingerprint density at radius 3 is 2.73 bits per heavy atom. The molecule has 0 aromatic rings. The Balaban J connectivity index is 2.22. The average molecular weight is 213 g/mol. The third-order valence-electron chi connectivity index (χ3n) is 4.16. The molecule has 0 aliphatic heterocycles. The molecule has 3 nitrogen and oxygen atoms in total. The van der Waals surface area contributed by atoms with Crippen LogP contribution < -0.4 is 0 Å². The zero-order chi connectivity index (χ0) is 11.3. The molecular formula is C12H23NO2. The highest BCUT2D eigenvalue weighted by Crippen LogP contribution is 2.48. The lowest BCUT2D eigenvalue weighted by molar-refractivity contribution is 0.115. The molecule has 88 valence electrons. The Morgan fingerprint density at radius 2 is 2.20 bits per heavy atom. The number of rotatable bonds is 5. The van der Waals surface area contributed by atoms with Gasteiger partial charge >= 0.3 is 0 Å². The van der Waals surface area contributed by atoms with Gasteiger partial charge in [-0.05, 0) is 36.5 Å². The van der Waals surface area contributed by atoms with Gasteiger partial charge in [-0.3, -0.25) is 0 Å². The first kappa shape index (κ1) is 12.5. The molecule has 0 heterocycles. The van der Waals surface area contributed by atoms with Crippen LogP contribution in [-0.2, 0) is 4.74 Å². The maximum Gasteiger partial charge on any atom is 0.0851 e. The van der Waals surface area contributed by atoms with Gasteiger partial charge in [-0.15, -0.1) is 0 Å². The Morgan fingerprint density at radius 1 is 1.47 bits per heavy atom. The fourth-order valence-electron chi connectivity index (χ4n) is 2.51. The molecule has 3 heteroatoms. The Hall–Kier alpha value is -0.570. The van der Waals surface area contributed by atoms with Crippen LogP contribution in [0.1, 0.15) is 40.0 Å². The van der Waals surface area contributed by atoms with Crippen molar-refractivity contribution < 1.29 is 9.94 Å². The van der Waals surface area contributed by atoms with Gasteiger partial charge < -0.3 is 9.94 Å². The van der Waals surface area contributed by atoms with E-state index in [0.717, 1.165) is 24.9 Å². The molecule has 1 rings (SSSR count). The smallest absolute Gasteiger partial charge is 0.0851 e. The lowest BCUT2D eigenvalue weighted by Gasteiger charge is -2.31. The summed E-state index contributed by atoms with van der Waals surface area (Å²) < 4.78 is 5.36. The second-order valence-electron chi connectivity index (χ2n) is 5.16. The number of hydrogen-bond donors (Lipinski definition) is 1. The summed E-state index contributed by atoms with van der Waals surface area (Å²) in [5, 5.41) is 11.1. The van der Waals surface area contributed by atoms with Crippen LogP contribution in [0.3, 0.4) is 0 Å². The summed E-state index contributed by atoms with van der Waals surface area (Å²) in [7, 11) is 0. The van der Waals surface area contributed by atoms with Gasteiger partial charge in [0.1, 0.15) is 0 Å². The minimum atomic E-state index is 0.416. The molecule has 0 amide bonds. The quantitative estimate of drug-likeness (QED) is 0.330. The number of ether oxygens (including phenoxy) is 1. The summed E-state index contributed by atoms with van der Waals surface area (Å²) in [4.78, 5) is 0. The minimum absolute atomic E-state index is 0.416. The van der Waals surface area contributed by atoms with Crippen LogP contribution in [-0.4, -0.2) is 24.6 Å². The van der Waals surface area contributed by atoms with E-state index < -0.39 is 0 Å². The van der Waals surface area contributed by atoms with E-state index in [-0.39, 0.29) is 0 Å². The van der Waals surface area contributed by atoms with Gasteiger partial charge in [0.2, 0.25) is 0 Å². The fourth-order valence-corrected chi connectivity index (χ4v) is 2.51. The Bertz CT molecular complexity index is 214. The van der Waals surface area contributed by atoms with Crippen molar-refractivity contribution >= 4 is 6.21 Å². The van der Waals surface area contributed by atoms with E-state index in [0.29, 0.717) is 12.0 Å². The first-order valence-electron chi connectivity index (χ1n) is 5.82. The van der Waals surface area contributed by atoms with E-state index in [1.54, 1.807) is 0 Å². The maximum absolute atomic E-state index is 8.18. The monoisotopic (exact) mass is 213 g/mol. The molecular weight excluding hydrogens is 190 g/mol. The van der Waals surface area contributed by atoms with Crippen molar-refractivity contribution in [3.8, 4) is 0 Å². The predicted molar refractivity (Wildman–Crippen MR) is 61.4 cm³/mol. The van der Waals surface area contributed by atoms with Crippen LogP contribution in [0.25, 0.3) is 0 Å². The van der Waals surface area contributed by atoms with Crippen molar-refractivity contribution in [2.45, 2.75) is 40.0 Å². The first-order chi connectivity index (χ1) is 7.09. The number of oxime groups is 1. The van der Waals surface area contributed by atoms with Crippen molar-refractivity contribution in [1.29, 1.82) is 0 Å². The van der Waals surface area contributed by atoms with Crippen LogP contribution >= 0.6 is 0 Å². The molecule has 2 atom stereocenters. The molecule has 0 aromatic heterocycles. The second-order valence-corrected chi connectivity index (χ2v) is 5.16. The van der Waals surface area contributed by atoms with Gasteiger partial charge in [0.25, 0.3) is 0 Å². The highest BCUT2D eigenvalue weighted by Gasteiger charge is 2.39. The molecule has 0 aromatic carbocycles.